The van der Waals surface area contributed by atoms with Gasteiger partial charge in [0, 0.05) is 37.5 Å². The second-order valence-corrected chi connectivity index (χ2v) is 6.04. The first-order valence-corrected chi connectivity index (χ1v) is 8.04. The van der Waals surface area contributed by atoms with Gasteiger partial charge in [0.2, 0.25) is 0 Å². The standard InChI is InChI=1S/C17H19N5O2/c1-12(23)17-9-13-8-14(2-3-16(13)19-17)22-15(10-18-20-22)11-21-4-6-24-7-5-21/h2-3,8-10,19H,4-7,11H2,1H3. The van der Waals surface area contributed by atoms with Gasteiger partial charge in [-0.05, 0) is 24.3 Å². The molecule has 1 fully saturated rings. The zero-order valence-corrected chi connectivity index (χ0v) is 13.5. The Hall–Kier alpha value is -2.51. The Labute approximate surface area is 139 Å². The van der Waals surface area contributed by atoms with Gasteiger partial charge in [-0.1, -0.05) is 5.21 Å². The van der Waals surface area contributed by atoms with Crippen LogP contribution in [0.1, 0.15) is 23.1 Å². The topological polar surface area (TPSA) is 76.0 Å². The maximum absolute atomic E-state index is 11.5. The van der Waals surface area contributed by atoms with Gasteiger partial charge in [-0.25, -0.2) is 4.68 Å². The molecule has 2 aromatic heterocycles. The Kier molecular flexibility index (Phi) is 3.87. The summed E-state index contributed by atoms with van der Waals surface area (Å²) in [5.74, 6) is 0.0292. The van der Waals surface area contributed by atoms with Gasteiger partial charge in [-0.15, -0.1) is 5.10 Å². The molecular formula is C17H19N5O2. The molecule has 3 heterocycles. The van der Waals surface area contributed by atoms with Gasteiger partial charge in [0.1, 0.15) is 0 Å². The molecule has 0 unspecified atom stereocenters. The van der Waals surface area contributed by atoms with Crippen molar-refractivity contribution in [2.45, 2.75) is 13.5 Å². The van der Waals surface area contributed by atoms with Crippen LogP contribution in [-0.2, 0) is 11.3 Å². The van der Waals surface area contributed by atoms with Gasteiger partial charge >= 0.3 is 0 Å². The second-order valence-electron chi connectivity index (χ2n) is 6.04. The number of H-pyrrole nitrogens is 1. The smallest absolute Gasteiger partial charge is 0.175 e. The summed E-state index contributed by atoms with van der Waals surface area (Å²) in [4.78, 5) is 17.0. The molecular weight excluding hydrogens is 306 g/mol. The number of fused-ring (bicyclic) bond motifs is 1. The number of aromatic amines is 1. The molecule has 0 spiro atoms. The number of nitrogens with one attached hydrogen (secondary N) is 1. The Morgan fingerprint density at radius 3 is 2.92 bits per heavy atom. The fourth-order valence-electron chi connectivity index (χ4n) is 3.01. The number of aromatic nitrogens is 4. The highest BCUT2D eigenvalue weighted by atomic mass is 16.5. The first-order valence-electron chi connectivity index (χ1n) is 8.04. The summed E-state index contributed by atoms with van der Waals surface area (Å²) in [6.45, 7) is 5.73. The molecule has 1 N–H and O–H groups in total. The normalized spacial score (nSPS) is 15.9. The van der Waals surface area contributed by atoms with Crippen LogP contribution in [0.5, 0.6) is 0 Å². The Morgan fingerprint density at radius 2 is 2.12 bits per heavy atom. The van der Waals surface area contributed by atoms with Crippen LogP contribution in [0.3, 0.4) is 0 Å². The van der Waals surface area contributed by atoms with E-state index < -0.39 is 0 Å². The minimum atomic E-state index is 0.0292. The van der Waals surface area contributed by atoms with Gasteiger partial charge in [-0.2, -0.15) is 0 Å². The lowest BCUT2D eigenvalue weighted by Crippen LogP contribution is -2.36. The number of ether oxygens (including phenoxy) is 1. The van der Waals surface area contributed by atoms with E-state index in [4.69, 9.17) is 4.74 Å². The number of ketones is 1. The van der Waals surface area contributed by atoms with Gasteiger partial charge < -0.3 is 9.72 Å². The zero-order valence-electron chi connectivity index (χ0n) is 13.5. The van der Waals surface area contributed by atoms with Crippen LogP contribution in [0, 0.1) is 0 Å². The van der Waals surface area contributed by atoms with Gasteiger partial charge in [0.15, 0.2) is 5.78 Å². The molecule has 24 heavy (non-hydrogen) atoms. The molecule has 0 atom stereocenters. The van der Waals surface area contributed by atoms with Crippen LogP contribution in [0.25, 0.3) is 16.6 Å². The van der Waals surface area contributed by atoms with Crippen molar-refractivity contribution in [3.05, 3.63) is 41.9 Å². The molecule has 0 amide bonds. The molecule has 0 bridgehead atoms. The Balaban J connectivity index is 1.64. The van der Waals surface area contributed by atoms with Crippen LogP contribution in [0.15, 0.2) is 30.5 Å². The van der Waals surface area contributed by atoms with E-state index in [1.54, 1.807) is 13.1 Å². The predicted octanol–water partition coefficient (Wildman–Crippen LogP) is 1.78. The first-order chi connectivity index (χ1) is 11.7. The Bertz CT molecular complexity index is 876. The molecule has 0 saturated carbocycles. The highest BCUT2D eigenvalue weighted by molar-refractivity contribution is 5.98. The van der Waals surface area contributed by atoms with E-state index >= 15 is 0 Å². The average Bonchev–Trinajstić information content (AvgIpc) is 3.21. The summed E-state index contributed by atoms with van der Waals surface area (Å²) in [5.41, 5.74) is 3.55. The quantitative estimate of drug-likeness (QED) is 0.740. The fraction of sp³-hybridized carbons (Fsp3) is 0.353. The highest BCUT2D eigenvalue weighted by Gasteiger charge is 2.15. The van der Waals surface area contributed by atoms with Gasteiger partial charge in [0.05, 0.1) is 36.5 Å². The molecule has 4 rings (SSSR count). The molecule has 124 valence electrons. The first kappa shape index (κ1) is 15.0. The van der Waals surface area contributed by atoms with Gasteiger partial charge in [0.25, 0.3) is 0 Å². The largest absolute Gasteiger partial charge is 0.379 e. The number of carbonyl (C=O) groups is 1. The maximum atomic E-state index is 11.5. The summed E-state index contributed by atoms with van der Waals surface area (Å²) in [7, 11) is 0. The monoisotopic (exact) mass is 325 g/mol. The summed E-state index contributed by atoms with van der Waals surface area (Å²) >= 11 is 0. The molecule has 1 aliphatic heterocycles. The van der Waals surface area contributed by atoms with Crippen molar-refractivity contribution in [2.24, 2.45) is 0 Å². The molecule has 1 aromatic carbocycles. The number of benzene rings is 1. The summed E-state index contributed by atoms with van der Waals surface area (Å²) in [5, 5.41) is 9.29. The highest BCUT2D eigenvalue weighted by Crippen LogP contribution is 2.21. The summed E-state index contributed by atoms with van der Waals surface area (Å²) in [6, 6.07) is 7.85. The summed E-state index contributed by atoms with van der Waals surface area (Å²) in [6.07, 6.45) is 1.80. The molecule has 0 radical (unpaired) electrons. The molecule has 0 aliphatic carbocycles. The Morgan fingerprint density at radius 1 is 1.29 bits per heavy atom. The number of carbonyl (C=O) groups excluding carboxylic acids is 1. The van der Waals surface area contributed by atoms with Crippen molar-refractivity contribution in [3.8, 4) is 5.69 Å². The van der Waals surface area contributed by atoms with Crippen molar-refractivity contribution >= 4 is 16.7 Å². The lowest BCUT2D eigenvalue weighted by atomic mass is 10.2. The molecule has 1 aliphatic rings. The lowest BCUT2D eigenvalue weighted by Gasteiger charge is -2.26. The lowest BCUT2D eigenvalue weighted by molar-refractivity contribution is 0.0333. The van der Waals surface area contributed by atoms with Crippen LogP contribution in [-0.4, -0.2) is 57.0 Å². The zero-order chi connectivity index (χ0) is 16.5. The van der Waals surface area contributed by atoms with E-state index in [0.717, 1.165) is 55.1 Å². The fourth-order valence-corrected chi connectivity index (χ4v) is 3.01. The van der Waals surface area contributed by atoms with Crippen molar-refractivity contribution in [1.29, 1.82) is 0 Å². The van der Waals surface area contributed by atoms with Crippen LogP contribution < -0.4 is 0 Å². The van der Waals surface area contributed by atoms with E-state index in [2.05, 4.69) is 20.2 Å². The van der Waals surface area contributed by atoms with Crippen molar-refractivity contribution in [2.75, 3.05) is 26.3 Å². The van der Waals surface area contributed by atoms with Crippen LogP contribution >= 0.6 is 0 Å². The van der Waals surface area contributed by atoms with E-state index in [0.29, 0.717) is 5.69 Å². The number of hydrogen-bond acceptors (Lipinski definition) is 5. The molecule has 3 aromatic rings. The second kappa shape index (κ2) is 6.18. The predicted molar refractivity (Wildman–Crippen MR) is 89.3 cm³/mol. The molecule has 1 saturated heterocycles. The summed E-state index contributed by atoms with van der Waals surface area (Å²) < 4.78 is 7.25. The SMILES string of the molecule is CC(=O)c1cc2cc(-n3nncc3CN3CCOCC3)ccc2[nH]1. The number of nitrogens with zero attached hydrogens (tertiary/aromatic N) is 4. The number of hydrogen-bond donors (Lipinski definition) is 1. The van der Waals surface area contributed by atoms with E-state index in [9.17, 15) is 4.79 Å². The third kappa shape index (κ3) is 2.83. The third-order valence-electron chi connectivity index (χ3n) is 4.34. The third-order valence-corrected chi connectivity index (χ3v) is 4.34. The van der Waals surface area contributed by atoms with Crippen molar-refractivity contribution < 1.29 is 9.53 Å². The molecule has 7 heteroatoms. The van der Waals surface area contributed by atoms with E-state index in [-0.39, 0.29) is 5.78 Å². The van der Waals surface area contributed by atoms with E-state index in [1.807, 2.05) is 28.9 Å². The van der Waals surface area contributed by atoms with Crippen LogP contribution in [0.4, 0.5) is 0 Å². The maximum Gasteiger partial charge on any atom is 0.175 e. The van der Waals surface area contributed by atoms with Crippen molar-refractivity contribution in [1.82, 2.24) is 24.9 Å². The molecule has 7 nitrogen and oxygen atoms in total. The van der Waals surface area contributed by atoms with Crippen LogP contribution in [0.2, 0.25) is 0 Å². The van der Waals surface area contributed by atoms with Gasteiger partial charge in [-0.3, -0.25) is 9.69 Å². The number of morpholine rings is 1. The van der Waals surface area contributed by atoms with Crippen molar-refractivity contribution in [3.63, 3.8) is 0 Å². The average molecular weight is 325 g/mol. The number of rotatable bonds is 4. The number of Topliss-reactive ketones (excluding diaryl/α,β-unsaturated/α-hetero) is 1. The minimum Gasteiger partial charge on any atom is -0.379 e. The van der Waals surface area contributed by atoms with E-state index in [1.165, 1.54) is 0 Å². The minimum absolute atomic E-state index is 0.0292.